The van der Waals surface area contributed by atoms with Crippen molar-refractivity contribution in [1.29, 1.82) is 0 Å². The molecule has 0 saturated carbocycles. The summed E-state index contributed by atoms with van der Waals surface area (Å²) in [4.78, 5) is 33.3. The van der Waals surface area contributed by atoms with Crippen molar-refractivity contribution in [3.8, 4) is 0 Å². The molecule has 20 heavy (non-hydrogen) atoms. The quantitative estimate of drug-likeness (QED) is 0.505. The van der Waals surface area contributed by atoms with E-state index in [4.69, 9.17) is 0 Å². The predicted molar refractivity (Wildman–Crippen MR) is 69.0 cm³/mol. The number of esters is 1. The summed E-state index contributed by atoms with van der Waals surface area (Å²) < 4.78 is 4.63. The molecular formula is C13H14N2O5. The summed E-state index contributed by atoms with van der Waals surface area (Å²) in [5, 5.41) is 13.6. The van der Waals surface area contributed by atoms with Crippen LogP contribution in [0.5, 0.6) is 0 Å². The van der Waals surface area contributed by atoms with Crippen molar-refractivity contribution in [2.75, 3.05) is 7.11 Å². The third kappa shape index (κ3) is 3.00. The molecule has 7 nitrogen and oxygen atoms in total. The molecule has 1 heterocycles. The number of nitro benzene ring substituents is 1. The van der Waals surface area contributed by atoms with E-state index < -0.39 is 16.9 Å². The van der Waals surface area contributed by atoms with Crippen molar-refractivity contribution in [3.63, 3.8) is 0 Å². The van der Waals surface area contributed by atoms with Gasteiger partial charge in [-0.25, -0.2) is 0 Å². The first-order valence-electron chi connectivity index (χ1n) is 6.11. The number of ketones is 1. The van der Waals surface area contributed by atoms with Gasteiger partial charge in [0.05, 0.1) is 12.0 Å². The van der Waals surface area contributed by atoms with Crippen LogP contribution in [0.3, 0.4) is 0 Å². The molecule has 1 fully saturated rings. The van der Waals surface area contributed by atoms with Gasteiger partial charge in [-0.1, -0.05) is 12.1 Å². The molecule has 1 aliphatic heterocycles. The molecule has 1 saturated heterocycles. The summed E-state index contributed by atoms with van der Waals surface area (Å²) in [5.74, 6) is -0.521. The Balaban J connectivity index is 2.16. The second-order valence-electron chi connectivity index (χ2n) is 4.59. The summed E-state index contributed by atoms with van der Waals surface area (Å²) in [7, 11) is 1.27. The van der Waals surface area contributed by atoms with E-state index in [0.717, 1.165) is 5.56 Å². The molecule has 0 aliphatic carbocycles. The summed E-state index contributed by atoms with van der Waals surface area (Å²) in [6.45, 7) is 0. The van der Waals surface area contributed by atoms with E-state index in [2.05, 4.69) is 10.1 Å². The van der Waals surface area contributed by atoms with E-state index in [1.165, 1.54) is 19.2 Å². The van der Waals surface area contributed by atoms with Crippen LogP contribution in [0.15, 0.2) is 24.3 Å². The maximum atomic E-state index is 11.7. The van der Waals surface area contributed by atoms with E-state index in [1.807, 2.05) is 0 Å². The van der Waals surface area contributed by atoms with Gasteiger partial charge in [-0.2, -0.15) is 0 Å². The number of non-ortho nitro benzene ring substituents is 1. The van der Waals surface area contributed by atoms with Gasteiger partial charge in [0.1, 0.15) is 11.8 Å². The van der Waals surface area contributed by atoms with E-state index in [-0.39, 0.29) is 30.4 Å². The second kappa shape index (κ2) is 5.79. The van der Waals surface area contributed by atoms with Gasteiger partial charge in [-0.15, -0.1) is 0 Å². The highest BCUT2D eigenvalue weighted by molar-refractivity contribution is 5.88. The summed E-state index contributed by atoms with van der Waals surface area (Å²) in [6.07, 6.45) is 0.363. The Labute approximate surface area is 115 Å². The lowest BCUT2D eigenvalue weighted by molar-refractivity contribution is -0.384. The number of Topliss-reactive ketones (excluding diaryl/α,β-unsaturated/α-hetero) is 1. The van der Waals surface area contributed by atoms with Crippen LogP contribution in [-0.4, -0.2) is 29.8 Å². The van der Waals surface area contributed by atoms with Gasteiger partial charge in [0.2, 0.25) is 0 Å². The highest BCUT2D eigenvalue weighted by Crippen LogP contribution is 2.25. The summed E-state index contributed by atoms with van der Waals surface area (Å²) in [5.41, 5.74) is 0.720. The van der Waals surface area contributed by atoms with Crippen molar-refractivity contribution in [2.45, 2.75) is 24.9 Å². The van der Waals surface area contributed by atoms with Gasteiger partial charge in [0, 0.05) is 31.0 Å². The molecule has 1 aromatic carbocycles. The first-order chi connectivity index (χ1) is 9.51. The normalized spacial score (nSPS) is 22.4. The van der Waals surface area contributed by atoms with Crippen molar-refractivity contribution in [3.05, 3.63) is 39.9 Å². The highest BCUT2D eigenvalue weighted by Gasteiger charge is 2.32. The molecule has 106 valence electrons. The van der Waals surface area contributed by atoms with Crippen LogP contribution < -0.4 is 5.32 Å². The predicted octanol–water partition coefficient (Wildman–Crippen LogP) is 1.13. The Kier molecular flexibility index (Phi) is 4.09. The fraction of sp³-hybridized carbons (Fsp3) is 0.385. The Morgan fingerprint density at radius 2 is 2.00 bits per heavy atom. The second-order valence-corrected chi connectivity index (χ2v) is 4.59. The standard InChI is InChI=1S/C13H14N2O5/c1-20-13(17)12-7-10(16)6-11(14-12)8-2-4-9(5-3-8)15(18)19/h2-5,11-12,14H,6-7H2,1H3/t11-,12+/m1/s1. The van der Waals surface area contributed by atoms with E-state index in [9.17, 15) is 19.7 Å². The first-order valence-corrected chi connectivity index (χ1v) is 6.11. The molecular weight excluding hydrogens is 264 g/mol. The Morgan fingerprint density at radius 3 is 2.55 bits per heavy atom. The molecule has 1 N–H and O–H groups in total. The maximum absolute atomic E-state index is 11.7. The van der Waals surface area contributed by atoms with Crippen LogP contribution in [0.25, 0.3) is 0 Å². The lowest BCUT2D eigenvalue weighted by Gasteiger charge is -2.28. The summed E-state index contributed by atoms with van der Waals surface area (Å²) >= 11 is 0. The maximum Gasteiger partial charge on any atom is 0.323 e. The van der Waals surface area contributed by atoms with Crippen molar-refractivity contribution < 1.29 is 19.2 Å². The monoisotopic (exact) mass is 278 g/mol. The van der Waals surface area contributed by atoms with Crippen molar-refractivity contribution in [1.82, 2.24) is 5.32 Å². The average molecular weight is 278 g/mol. The van der Waals surface area contributed by atoms with E-state index in [0.29, 0.717) is 0 Å². The minimum Gasteiger partial charge on any atom is -0.468 e. The fourth-order valence-corrected chi connectivity index (χ4v) is 2.24. The molecule has 0 radical (unpaired) electrons. The zero-order chi connectivity index (χ0) is 14.7. The van der Waals surface area contributed by atoms with Crippen molar-refractivity contribution in [2.24, 2.45) is 0 Å². The molecule has 2 atom stereocenters. The van der Waals surface area contributed by atoms with Crippen LogP contribution in [-0.2, 0) is 14.3 Å². The highest BCUT2D eigenvalue weighted by atomic mass is 16.6. The minimum absolute atomic E-state index is 0.0135. The van der Waals surface area contributed by atoms with Gasteiger partial charge in [0.25, 0.3) is 5.69 Å². The molecule has 2 rings (SSSR count). The molecule has 0 unspecified atom stereocenters. The minimum atomic E-state index is -0.665. The van der Waals surface area contributed by atoms with Gasteiger partial charge < -0.3 is 4.74 Å². The molecule has 1 aromatic rings. The number of methoxy groups -OCH3 is 1. The largest absolute Gasteiger partial charge is 0.468 e. The van der Waals surface area contributed by atoms with Gasteiger partial charge >= 0.3 is 5.97 Å². The number of carbonyl (C=O) groups excluding carboxylic acids is 2. The SMILES string of the molecule is COC(=O)[C@@H]1CC(=O)C[C@H](c2ccc([N+](=O)[O-])cc2)N1. The van der Waals surface area contributed by atoms with E-state index in [1.54, 1.807) is 12.1 Å². The summed E-state index contributed by atoms with van der Waals surface area (Å²) in [6, 6.07) is 4.93. The van der Waals surface area contributed by atoms with Crippen LogP contribution >= 0.6 is 0 Å². The van der Waals surface area contributed by atoms with Crippen molar-refractivity contribution >= 4 is 17.4 Å². The topological polar surface area (TPSA) is 98.5 Å². The number of rotatable bonds is 3. The van der Waals surface area contributed by atoms with Gasteiger partial charge in [0.15, 0.2) is 0 Å². The number of hydrogen-bond acceptors (Lipinski definition) is 6. The lowest BCUT2D eigenvalue weighted by atomic mass is 9.92. The molecule has 0 amide bonds. The number of nitrogens with one attached hydrogen (secondary N) is 1. The van der Waals surface area contributed by atoms with Crippen LogP contribution in [0.2, 0.25) is 0 Å². The third-order valence-corrected chi connectivity index (χ3v) is 3.26. The number of piperidine rings is 1. The first kappa shape index (κ1) is 14.1. The number of nitrogens with zero attached hydrogens (tertiary/aromatic N) is 1. The van der Waals surface area contributed by atoms with Crippen LogP contribution in [0.4, 0.5) is 5.69 Å². The average Bonchev–Trinajstić information content (AvgIpc) is 2.45. The number of nitro groups is 1. The molecule has 7 heteroatoms. The fourth-order valence-electron chi connectivity index (χ4n) is 2.24. The zero-order valence-electron chi connectivity index (χ0n) is 10.9. The molecule has 0 spiro atoms. The molecule has 0 aromatic heterocycles. The van der Waals surface area contributed by atoms with Crippen LogP contribution in [0.1, 0.15) is 24.4 Å². The Hall–Kier alpha value is -2.28. The number of benzene rings is 1. The third-order valence-electron chi connectivity index (χ3n) is 3.26. The van der Waals surface area contributed by atoms with Crippen LogP contribution in [0, 0.1) is 10.1 Å². The number of ether oxygens (including phenoxy) is 1. The Morgan fingerprint density at radius 1 is 1.35 bits per heavy atom. The zero-order valence-corrected chi connectivity index (χ0v) is 10.9. The Bertz CT molecular complexity index is 540. The number of hydrogen-bond donors (Lipinski definition) is 1. The lowest BCUT2D eigenvalue weighted by Crippen LogP contribution is -2.46. The van der Waals surface area contributed by atoms with Gasteiger partial charge in [-0.05, 0) is 5.56 Å². The smallest absolute Gasteiger partial charge is 0.323 e. The number of carbonyl (C=O) groups is 2. The van der Waals surface area contributed by atoms with Gasteiger partial charge in [-0.3, -0.25) is 25.0 Å². The van der Waals surface area contributed by atoms with E-state index >= 15 is 0 Å². The molecule has 0 bridgehead atoms. The molecule has 1 aliphatic rings.